The van der Waals surface area contributed by atoms with Gasteiger partial charge in [-0.3, -0.25) is 4.18 Å². The number of hydroxylamine groups is 1. The lowest BCUT2D eigenvalue weighted by atomic mass is 10.1. The first-order valence-electron chi connectivity index (χ1n) is 8.96. The normalized spacial score (nSPS) is 13.3. The Bertz CT molecular complexity index is 887. The highest BCUT2D eigenvalue weighted by molar-refractivity contribution is 7.85. The Morgan fingerprint density at radius 3 is 2.20 bits per heavy atom. The summed E-state index contributed by atoms with van der Waals surface area (Å²) in [6.07, 6.45) is -0.290. The molecule has 1 N–H and O–H groups in total. The smallest absolute Gasteiger partial charge is 0.336 e. The average molecular weight is 439 g/mol. The zero-order valence-corrected chi connectivity index (χ0v) is 17.8. The van der Waals surface area contributed by atoms with Crippen LogP contribution in [-0.4, -0.2) is 53.6 Å². The molecule has 0 aliphatic heterocycles. The van der Waals surface area contributed by atoms with Crippen LogP contribution in [-0.2, 0) is 35.2 Å². The first-order valence-corrected chi connectivity index (χ1v) is 10.8. The zero-order chi connectivity index (χ0) is 22.0. The Balaban J connectivity index is 2.14. The second-order valence-corrected chi connectivity index (χ2v) is 7.87. The number of carbonyl (C=O) groups is 1. The number of hydrogen-bond acceptors (Lipinski definition) is 9. The molecule has 0 aromatic heterocycles. The van der Waals surface area contributed by atoms with Gasteiger partial charge in [-0.2, -0.15) is 8.42 Å². The maximum atomic E-state index is 12.3. The molecular formula is C20H25NO8S. The van der Waals surface area contributed by atoms with Crippen molar-refractivity contribution in [1.82, 2.24) is 5.48 Å². The second kappa shape index (κ2) is 11.5. The monoisotopic (exact) mass is 439 g/mol. The number of ether oxygens (including phenoxy) is 3. The van der Waals surface area contributed by atoms with Crippen LogP contribution >= 0.6 is 0 Å². The van der Waals surface area contributed by atoms with E-state index >= 15 is 0 Å². The summed E-state index contributed by atoms with van der Waals surface area (Å²) in [4.78, 5) is 17.8. The Morgan fingerprint density at radius 1 is 1.00 bits per heavy atom. The summed E-state index contributed by atoms with van der Waals surface area (Å²) in [7, 11) is -1.02. The maximum Gasteiger partial charge on any atom is 0.336 e. The van der Waals surface area contributed by atoms with E-state index in [1.807, 2.05) is 30.3 Å². The minimum Gasteiger partial charge on any atom is -0.497 e. The lowest BCUT2D eigenvalue weighted by Crippen LogP contribution is -2.50. The van der Waals surface area contributed by atoms with Crippen LogP contribution in [0.25, 0.3) is 0 Å². The third-order valence-electron chi connectivity index (χ3n) is 3.92. The van der Waals surface area contributed by atoms with Crippen molar-refractivity contribution in [1.29, 1.82) is 0 Å². The molecule has 0 saturated heterocycles. The summed E-state index contributed by atoms with van der Waals surface area (Å²) in [5.74, 6) is 0.337. The van der Waals surface area contributed by atoms with E-state index in [4.69, 9.17) is 23.2 Å². The fourth-order valence-electron chi connectivity index (χ4n) is 2.39. The van der Waals surface area contributed by atoms with Crippen LogP contribution in [0.4, 0.5) is 0 Å². The second-order valence-electron chi connectivity index (χ2n) is 6.23. The number of esters is 1. The van der Waals surface area contributed by atoms with Crippen LogP contribution in [0, 0.1) is 0 Å². The van der Waals surface area contributed by atoms with Crippen molar-refractivity contribution in [2.45, 2.75) is 18.8 Å². The van der Waals surface area contributed by atoms with Gasteiger partial charge in [-0.25, -0.2) is 4.79 Å². The largest absolute Gasteiger partial charge is 0.497 e. The summed E-state index contributed by atoms with van der Waals surface area (Å²) < 4.78 is 43.4. The van der Waals surface area contributed by atoms with Gasteiger partial charge >= 0.3 is 5.97 Å². The predicted octanol–water partition coefficient (Wildman–Crippen LogP) is 1.68. The van der Waals surface area contributed by atoms with Gasteiger partial charge in [0.2, 0.25) is 0 Å². The van der Waals surface area contributed by atoms with E-state index in [0.717, 1.165) is 11.8 Å². The van der Waals surface area contributed by atoms with Gasteiger partial charge in [-0.1, -0.05) is 30.3 Å². The number of methoxy groups -OCH3 is 2. The van der Waals surface area contributed by atoms with Crippen LogP contribution in [0.15, 0.2) is 54.6 Å². The molecule has 10 heteroatoms. The van der Waals surface area contributed by atoms with E-state index in [-0.39, 0.29) is 6.61 Å². The molecule has 9 nitrogen and oxygen atoms in total. The summed E-state index contributed by atoms with van der Waals surface area (Å²) in [5.41, 5.74) is 3.47. The number of carbonyl (C=O) groups excluding carboxylic acids is 1. The zero-order valence-electron chi connectivity index (χ0n) is 16.9. The van der Waals surface area contributed by atoms with Gasteiger partial charge in [-0.05, 0) is 29.8 Å². The van der Waals surface area contributed by atoms with Crippen molar-refractivity contribution in [3.05, 3.63) is 60.2 Å². The van der Waals surface area contributed by atoms with E-state index in [2.05, 4.69) is 5.48 Å². The van der Waals surface area contributed by atoms with Gasteiger partial charge in [0.15, 0.2) is 6.10 Å². The van der Waals surface area contributed by atoms with Gasteiger partial charge in [0.25, 0.3) is 10.1 Å². The van der Waals surface area contributed by atoms with Gasteiger partial charge in [0, 0.05) is 0 Å². The molecule has 0 amide bonds. The van der Waals surface area contributed by atoms with Gasteiger partial charge in [0.1, 0.15) is 17.5 Å². The fraction of sp³-hybridized carbons (Fsp3) is 0.350. The van der Waals surface area contributed by atoms with Crippen molar-refractivity contribution < 1.29 is 36.4 Å². The molecule has 0 radical (unpaired) electrons. The number of rotatable bonds is 12. The number of nitrogens with one attached hydrogen (secondary N) is 1. The molecule has 2 aromatic rings. The molecule has 0 aliphatic carbocycles. The summed E-state index contributed by atoms with van der Waals surface area (Å²) in [6.45, 7) is -0.316. The molecule has 0 bridgehead atoms. The van der Waals surface area contributed by atoms with E-state index in [1.165, 1.54) is 14.2 Å². The van der Waals surface area contributed by atoms with Gasteiger partial charge in [-0.15, -0.1) is 5.48 Å². The molecule has 0 unspecified atom stereocenters. The van der Waals surface area contributed by atoms with Crippen LogP contribution in [0.5, 0.6) is 11.5 Å². The molecule has 0 saturated carbocycles. The first-order chi connectivity index (χ1) is 14.3. The SMILES string of the molecule is COC(=O)[C@@H](OCc1ccccc1)[C@@H](COS(C)(=O)=O)NOc1ccc(OC)cc1. The van der Waals surface area contributed by atoms with Gasteiger partial charge < -0.3 is 19.0 Å². The summed E-state index contributed by atoms with van der Waals surface area (Å²) >= 11 is 0. The van der Waals surface area contributed by atoms with Crippen LogP contribution in [0.3, 0.4) is 0 Å². The van der Waals surface area contributed by atoms with Crippen molar-refractivity contribution in [2.24, 2.45) is 0 Å². The number of hydrogen-bond donors (Lipinski definition) is 1. The minimum absolute atomic E-state index is 0.0974. The van der Waals surface area contributed by atoms with Crippen molar-refractivity contribution in [3.63, 3.8) is 0 Å². The highest BCUT2D eigenvalue weighted by atomic mass is 32.2. The van der Waals surface area contributed by atoms with Crippen molar-refractivity contribution in [3.8, 4) is 11.5 Å². The molecule has 164 valence electrons. The summed E-state index contributed by atoms with van der Waals surface area (Å²) in [5, 5.41) is 0. The molecule has 30 heavy (non-hydrogen) atoms. The highest BCUT2D eigenvalue weighted by Crippen LogP contribution is 2.17. The molecular weight excluding hydrogens is 414 g/mol. The Kier molecular flexibility index (Phi) is 9.06. The summed E-state index contributed by atoms with van der Waals surface area (Å²) in [6, 6.07) is 14.8. The molecule has 2 atom stereocenters. The standard InChI is InChI=1S/C20H25NO8S/c1-25-16-9-11-17(12-10-16)29-21-18(14-28-30(3,23)24)19(20(22)26-2)27-13-15-7-5-4-6-8-15/h4-12,18-19,21H,13-14H2,1-3H3/t18-,19+/m1/s1. The molecule has 0 aliphatic rings. The van der Waals surface area contributed by atoms with Crippen LogP contribution < -0.4 is 15.1 Å². The van der Waals surface area contributed by atoms with E-state index in [1.54, 1.807) is 24.3 Å². The lowest BCUT2D eigenvalue weighted by Gasteiger charge is -2.25. The first kappa shape index (κ1) is 23.6. The van der Waals surface area contributed by atoms with E-state index in [0.29, 0.717) is 11.5 Å². The molecule has 0 heterocycles. The predicted molar refractivity (Wildman–Crippen MR) is 108 cm³/mol. The third-order valence-corrected chi connectivity index (χ3v) is 4.48. The van der Waals surface area contributed by atoms with Gasteiger partial charge in [0.05, 0.1) is 33.7 Å². The van der Waals surface area contributed by atoms with E-state index < -0.39 is 34.8 Å². The molecule has 2 aromatic carbocycles. The average Bonchev–Trinajstić information content (AvgIpc) is 2.75. The van der Waals surface area contributed by atoms with Crippen molar-refractivity contribution in [2.75, 3.05) is 27.1 Å². The topological polar surface area (TPSA) is 109 Å². The fourth-order valence-corrected chi connectivity index (χ4v) is 2.79. The maximum absolute atomic E-state index is 12.3. The third kappa shape index (κ3) is 7.99. The molecule has 0 spiro atoms. The Morgan fingerprint density at radius 2 is 1.63 bits per heavy atom. The lowest BCUT2D eigenvalue weighted by molar-refractivity contribution is -0.160. The number of benzene rings is 2. The quantitative estimate of drug-likeness (QED) is 0.300. The Hall–Kier alpha value is -2.66. The van der Waals surface area contributed by atoms with Crippen LogP contribution in [0.1, 0.15) is 5.56 Å². The van der Waals surface area contributed by atoms with Crippen LogP contribution in [0.2, 0.25) is 0 Å². The minimum atomic E-state index is -3.76. The molecule has 0 fully saturated rings. The highest BCUT2D eigenvalue weighted by Gasteiger charge is 2.32. The Labute approximate surface area is 175 Å². The van der Waals surface area contributed by atoms with E-state index in [9.17, 15) is 13.2 Å². The van der Waals surface area contributed by atoms with Crippen molar-refractivity contribution >= 4 is 16.1 Å². The molecule has 2 rings (SSSR count).